The topological polar surface area (TPSA) is 89.3 Å². The lowest BCUT2D eigenvalue weighted by molar-refractivity contribution is -0.572. The van der Waals surface area contributed by atoms with E-state index in [9.17, 15) is 10.1 Å². The van der Waals surface area contributed by atoms with Crippen LogP contribution in [0.15, 0.2) is 121 Å². The van der Waals surface area contributed by atoms with Gasteiger partial charge in [0.15, 0.2) is 6.10 Å². The van der Waals surface area contributed by atoms with Gasteiger partial charge in [-0.25, -0.2) is 0 Å². The first-order chi connectivity index (χ1) is 20.2. The van der Waals surface area contributed by atoms with Crippen molar-refractivity contribution >= 4 is 0 Å². The van der Waals surface area contributed by atoms with Crippen LogP contribution in [0.5, 0.6) is 5.75 Å². The number of benzene rings is 4. The predicted octanol–water partition coefficient (Wildman–Crippen LogP) is 5.82. The SMILES string of the molecule is O=[N+]([O-])[C@H]1[C@@H](Oc2ccccc2)O[C@H](COCc2ccccc2)[C@H](OCc2ccccc2)[C@@H]1OCc1ccccc1. The molecule has 0 bridgehead atoms. The number of ether oxygens (including phenoxy) is 5. The van der Waals surface area contributed by atoms with Crippen molar-refractivity contribution in [3.05, 3.63) is 148 Å². The van der Waals surface area contributed by atoms with Gasteiger partial charge in [0.25, 0.3) is 6.29 Å². The van der Waals surface area contributed by atoms with E-state index >= 15 is 0 Å². The van der Waals surface area contributed by atoms with Crippen LogP contribution in [0.25, 0.3) is 0 Å². The molecule has 0 saturated carbocycles. The average Bonchev–Trinajstić information content (AvgIpc) is 3.01. The lowest BCUT2D eigenvalue weighted by Gasteiger charge is -2.42. The molecule has 1 aliphatic heterocycles. The van der Waals surface area contributed by atoms with Gasteiger partial charge in [-0.05, 0) is 28.8 Å². The molecule has 41 heavy (non-hydrogen) atoms. The Morgan fingerprint density at radius 3 is 1.61 bits per heavy atom. The third-order valence-electron chi connectivity index (χ3n) is 6.82. The van der Waals surface area contributed by atoms with E-state index in [1.54, 1.807) is 24.3 Å². The van der Waals surface area contributed by atoms with E-state index in [0.29, 0.717) is 12.4 Å². The number of hydrogen-bond acceptors (Lipinski definition) is 7. The molecule has 4 aromatic rings. The van der Waals surface area contributed by atoms with Crippen LogP contribution in [0.1, 0.15) is 16.7 Å². The van der Waals surface area contributed by atoms with Crippen molar-refractivity contribution in [3.8, 4) is 5.75 Å². The van der Waals surface area contributed by atoms with E-state index in [1.165, 1.54) is 0 Å². The zero-order chi connectivity index (χ0) is 28.3. The molecule has 0 spiro atoms. The van der Waals surface area contributed by atoms with Crippen molar-refractivity contribution in [1.82, 2.24) is 0 Å². The van der Waals surface area contributed by atoms with Gasteiger partial charge in [-0.1, -0.05) is 109 Å². The van der Waals surface area contributed by atoms with Crippen LogP contribution in [-0.2, 0) is 38.8 Å². The maximum absolute atomic E-state index is 12.6. The van der Waals surface area contributed by atoms with Gasteiger partial charge in [-0.15, -0.1) is 0 Å². The minimum atomic E-state index is -1.36. The van der Waals surface area contributed by atoms with Crippen molar-refractivity contribution in [2.45, 2.75) is 50.5 Å². The number of nitro groups is 1. The zero-order valence-corrected chi connectivity index (χ0v) is 22.6. The summed E-state index contributed by atoms with van der Waals surface area (Å²) in [6.45, 7) is 0.865. The van der Waals surface area contributed by atoms with Gasteiger partial charge in [0.1, 0.15) is 18.0 Å². The van der Waals surface area contributed by atoms with Crippen molar-refractivity contribution in [1.29, 1.82) is 0 Å². The molecule has 0 N–H and O–H groups in total. The Balaban J connectivity index is 1.43. The molecule has 0 aliphatic carbocycles. The van der Waals surface area contributed by atoms with E-state index in [1.807, 2.05) is 97.1 Å². The second kappa shape index (κ2) is 14.5. The average molecular weight is 556 g/mol. The number of rotatable bonds is 13. The summed E-state index contributed by atoms with van der Waals surface area (Å²) in [5.74, 6) is 0.457. The highest BCUT2D eigenvalue weighted by Crippen LogP contribution is 2.31. The Hall–Kier alpha value is -4.08. The van der Waals surface area contributed by atoms with Gasteiger partial charge in [0.2, 0.25) is 0 Å². The van der Waals surface area contributed by atoms with E-state index in [4.69, 9.17) is 23.7 Å². The minimum absolute atomic E-state index is 0.124. The monoisotopic (exact) mass is 555 g/mol. The molecule has 4 aromatic carbocycles. The number of hydrogen-bond donors (Lipinski definition) is 0. The van der Waals surface area contributed by atoms with Crippen molar-refractivity contribution in [2.24, 2.45) is 0 Å². The van der Waals surface area contributed by atoms with Crippen LogP contribution in [0.4, 0.5) is 0 Å². The molecule has 0 radical (unpaired) electrons. The zero-order valence-electron chi connectivity index (χ0n) is 22.6. The minimum Gasteiger partial charge on any atom is -0.457 e. The third kappa shape index (κ3) is 7.99. The molecule has 8 nitrogen and oxygen atoms in total. The maximum Gasteiger partial charge on any atom is 0.302 e. The first-order valence-electron chi connectivity index (χ1n) is 13.6. The van der Waals surface area contributed by atoms with Gasteiger partial charge >= 0.3 is 6.04 Å². The summed E-state index contributed by atoms with van der Waals surface area (Å²) in [4.78, 5) is 12.2. The molecule has 0 amide bonds. The van der Waals surface area contributed by atoms with Gasteiger partial charge in [-0.2, -0.15) is 0 Å². The summed E-state index contributed by atoms with van der Waals surface area (Å²) in [5, 5.41) is 12.6. The van der Waals surface area contributed by atoms with Crippen LogP contribution in [-0.4, -0.2) is 42.2 Å². The maximum atomic E-state index is 12.6. The van der Waals surface area contributed by atoms with Gasteiger partial charge in [0.05, 0.1) is 26.4 Å². The van der Waals surface area contributed by atoms with E-state index in [-0.39, 0.29) is 19.8 Å². The Morgan fingerprint density at radius 2 is 1.10 bits per heavy atom. The summed E-state index contributed by atoms with van der Waals surface area (Å²) >= 11 is 0. The molecule has 0 unspecified atom stereocenters. The normalized spacial score (nSPS) is 22.2. The standard InChI is InChI=1S/C33H33NO7/c35-34(36)30-32(39-23-27-17-9-3-10-18-27)31(38-22-26-15-7-2-8-16-26)29(24-37-21-25-13-5-1-6-14-25)41-33(30)40-28-19-11-4-12-20-28/h1-20,29-33H,21-24H2/t29-,30-,31+,32-,33+/m1/s1. The first kappa shape index (κ1) is 28.4. The lowest BCUT2D eigenvalue weighted by atomic mass is 9.96. The highest BCUT2D eigenvalue weighted by molar-refractivity contribution is 5.21. The summed E-state index contributed by atoms with van der Waals surface area (Å²) < 4.78 is 31.1. The summed E-state index contributed by atoms with van der Waals surface area (Å²) in [6, 6.07) is 36.5. The molecule has 5 rings (SSSR count). The number of nitrogens with zero attached hydrogens (tertiary/aromatic N) is 1. The Labute approximate surface area is 239 Å². The molecule has 1 saturated heterocycles. The Bertz CT molecular complexity index is 1330. The highest BCUT2D eigenvalue weighted by Gasteiger charge is 2.55. The highest BCUT2D eigenvalue weighted by atomic mass is 16.7. The quantitative estimate of drug-likeness (QED) is 0.152. The summed E-state index contributed by atoms with van der Waals surface area (Å²) in [5.41, 5.74) is 2.82. The van der Waals surface area contributed by atoms with Crippen LogP contribution >= 0.6 is 0 Å². The molecular formula is C33H33NO7. The second-order valence-corrected chi connectivity index (χ2v) is 9.77. The fourth-order valence-electron chi connectivity index (χ4n) is 4.77. The summed E-state index contributed by atoms with van der Waals surface area (Å²) in [6.07, 6.45) is -3.72. The third-order valence-corrected chi connectivity index (χ3v) is 6.82. The summed E-state index contributed by atoms with van der Waals surface area (Å²) in [7, 11) is 0. The molecule has 1 aliphatic rings. The smallest absolute Gasteiger partial charge is 0.302 e. The largest absolute Gasteiger partial charge is 0.457 e. The molecule has 8 heteroatoms. The predicted molar refractivity (Wildman–Crippen MR) is 153 cm³/mol. The van der Waals surface area contributed by atoms with E-state index < -0.39 is 35.6 Å². The Morgan fingerprint density at radius 1 is 0.634 bits per heavy atom. The first-order valence-corrected chi connectivity index (χ1v) is 13.6. The van der Waals surface area contributed by atoms with Crippen LogP contribution < -0.4 is 4.74 Å². The molecular weight excluding hydrogens is 522 g/mol. The van der Waals surface area contributed by atoms with E-state index in [0.717, 1.165) is 16.7 Å². The van der Waals surface area contributed by atoms with Crippen LogP contribution in [0.2, 0.25) is 0 Å². The second-order valence-electron chi connectivity index (χ2n) is 9.77. The molecule has 1 fully saturated rings. The molecule has 212 valence electrons. The van der Waals surface area contributed by atoms with Gasteiger partial charge in [-0.3, -0.25) is 10.1 Å². The van der Waals surface area contributed by atoms with Crippen molar-refractivity contribution in [2.75, 3.05) is 6.61 Å². The fourth-order valence-corrected chi connectivity index (χ4v) is 4.77. The van der Waals surface area contributed by atoms with Crippen LogP contribution in [0.3, 0.4) is 0 Å². The lowest BCUT2D eigenvalue weighted by Crippen LogP contribution is -2.64. The van der Waals surface area contributed by atoms with E-state index in [2.05, 4.69) is 0 Å². The van der Waals surface area contributed by atoms with Crippen molar-refractivity contribution in [3.63, 3.8) is 0 Å². The molecule has 0 aromatic heterocycles. The fraction of sp³-hybridized carbons (Fsp3) is 0.273. The van der Waals surface area contributed by atoms with Crippen molar-refractivity contribution < 1.29 is 28.6 Å². The molecule has 5 atom stereocenters. The van der Waals surface area contributed by atoms with Gasteiger partial charge < -0.3 is 23.7 Å². The number of para-hydroxylation sites is 1. The van der Waals surface area contributed by atoms with Gasteiger partial charge in [0, 0.05) is 4.92 Å². The molecule has 1 heterocycles. The Kier molecular flexibility index (Phi) is 10.1. The van der Waals surface area contributed by atoms with Crippen LogP contribution in [0, 0.1) is 10.1 Å².